The van der Waals surface area contributed by atoms with Crippen molar-refractivity contribution in [1.82, 2.24) is 0 Å². The van der Waals surface area contributed by atoms with Crippen LogP contribution in [0.25, 0.3) is 0 Å². The van der Waals surface area contributed by atoms with E-state index in [0.717, 1.165) is 0 Å². The molecule has 2 heteroatoms. The van der Waals surface area contributed by atoms with Crippen molar-refractivity contribution in [1.29, 1.82) is 0 Å². The molecule has 0 nitrogen and oxygen atoms in total. The SMILES string of the molecule is C=CCCCCCCCCCCCCCCCC.S.[SeH2]. The maximum atomic E-state index is 3.76. The molecule has 20 heavy (non-hydrogen) atoms. The molecule has 0 rings (SSSR count). The number of unbranched alkanes of at least 4 members (excludes halogenated alkanes) is 14. The van der Waals surface area contributed by atoms with Crippen LogP contribution in [-0.2, 0) is 0 Å². The second kappa shape index (κ2) is 24.6. The van der Waals surface area contributed by atoms with Gasteiger partial charge in [-0.25, -0.2) is 0 Å². The van der Waals surface area contributed by atoms with Crippen molar-refractivity contribution in [2.45, 2.75) is 103 Å². The van der Waals surface area contributed by atoms with Gasteiger partial charge in [-0.1, -0.05) is 96.5 Å². The minimum atomic E-state index is 0. The Labute approximate surface area is 146 Å². The Morgan fingerprint density at radius 3 is 1.20 bits per heavy atom. The van der Waals surface area contributed by atoms with Crippen LogP contribution < -0.4 is 0 Å². The summed E-state index contributed by atoms with van der Waals surface area (Å²) in [4.78, 5) is 0. The Morgan fingerprint density at radius 1 is 0.600 bits per heavy atom. The summed E-state index contributed by atoms with van der Waals surface area (Å²) in [6.07, 6.45) is 23.5. The zero-order valence-corrected chi connectivity index (χ0v) is 17.0. The summed E-state index contributed by atoms with van der Waals surface area (Å²) in [7, 11) is 0. The van der Waals surface area contributed by atoms with Gasteiger partial charge in [-0.15, -0.1) is 6.58 Å². The van der Waals surface area contributed by atoms with Crippen molar-refractivity contribution in [2.75, 3.05) is 0 Å². The first kappa shape index (κ1) is 25.6. The summed E-state index contributed by atoms with van der Waals surface area (Å²) in [6.45, 7) is 6.05. The summed E-state index contributed by atoms with van der Waals surface area (Å²) in [5.74, 6) is 0. The van der Waals surface area contributed by atoms with E-state index in [1.54, 1.807) is 0 Å². The molecule has 0 atom stereocenters. The van der Waals surface area contributed by atoms with Crippen LogP contribution >= 0.6 is 13.5 Å². The molecule has 0 aromatic heterocycles. The number of rotatable bonds is 15. The van der Waals surface area contributed by atoms with Gasteiger partial charge in [0.1, 0.15) is 0 Å². The summed E-state index contributed by atoms with van der Waals surface area (Å²) >= 11 is 0. The number of hydrogen-bond acceptors (Lipinski definition) is 0. The zero-order chi connectivity index (χ0) is 13.3. The molecular formula is C18H40SSe. The van der Waals surface area contributed by atoms with Crippen molar-refractivity contribution in [3.63, 3.8) is 0 Å². The van der Waals surface area contributed by atoms with E-state index in [0.29, 0.717) is 0 Å². The van der Waals surface area contributed by atoms with Crippen LogP contribution in [-0.4, -0.2) is 17.1 Å². The molecule has 0 heterocycles. The predicted molar refractivity (Wildman–Crippen MR) is 104 cm³/mol. The van der Waals surface area contributed by atoms with E-state index in [4.69, 9.17) is 0 Å². The van der Waals surface area contributed by atoms with Crippen molar-refractivity contribution in [3.05, 3.63) is 12.7 Å². The van der Waals surface area contributed by atoms with Gasteiger partial charge >= 0.3 is 17.1 Å². The molecular weight excluding hydrogens is 327 g/mol. The van der Waals surface area contributed by atoms with E-state index in [9.17, 15) is 0 Å². The first-order valence-electron chi connectivity index (χ1n) is 8.52. The summed E-state index contributed by atoms with van der Waals surface area (Å²) in [6, 6.07) is 0. The molecule has 0 fully saturated rings. The Balaban J connectivity index is -0.00000144. The van der Waals surface area contributed by atoms with Crippen molar-refractivity contribution in [2.24, 2.45) is 0 Å². The first-order valence-corrected chi connectivity index (χ1v) is 8.52. The van der Waals surface area contributed by atoms with E-state index >= 15 is 0 Å². The maximum absolute atomic E-state index is 3.76. The van der Waals surface area contributed by atoms with Gasteiger partial charge < -0.3 is 0 Å². The fourth-order valence-corrected chi connectivity index (χ4v) is 2.48. The van der Waals surface area contributed by atoms with Gasteiger partial charge in [-0.05, 0) is 12.8 Å². The second-order valence-electron chi connectivity index (χ2n) is 5.67. The molecule has 0 aliphatic rings. The normalized spacial score (nSPS) is 9.65. The minimum absolute atomic E-state index is 0. The standard InChI is InChI=1S/C18H36.H2S.H2Se/c1-3-5-7-9-11-13-15-17-18-16-14-12-10-8-6-4-2;;/h3H,1,4-18H2,2H3;2*1H2. The van der Waals surface area contributed by atoms with E-state index in [2.05, 4.69) is 13.5 Å². The molecule has 0 unspecified atom stereocenters. The van der Waals surface area contributed by atoms with Gasteiger partial charge in [0.15, 0.2) is 0 Å². The molecule has 0 aromatic rings. The first-order chi connectivity index (χ1) is 8.91. The molecule has 0 aliphatic carbocycles. The van der Waals surface area contributed by atoms with Gasteiger partial charge in [0.2, 0.25) is 0 Å². The monoisotopic (exact) mass is 368 g/mol. The Hall–Kier alpha value is 0.609. The molecule has 0 saturated heterocycles. The van der Waals surface area contributed by atoms with E-state index in [1.165, 1.54) is 96.3 Å². The van der Waals surface area contributed by atoms with E-state index < -0.39 is 0 Å². The van der Waals surface area contributed by atoms with Gasteiger partial charge in [-0.2, -0.15) is 13.5 Å². The number of hydrogen-bond donors (Lipinski definition) is 0. The van der Waals surface area contributed by atoms with Crippen molar-refractivity contribution in [3.8, 4) is 0 Å². The van der Waals surface area contributed by atoms with Crippen LogP contribution in [0.3, 0.4) is 0 Å². The van der Waals surface area contributed by atoms with Crippen molar-refractivity contribution < 1.29 is 0 Å². The molecule has 0 radical (unpaired) electrons. The Morgan fingerprint density at radius 2 is 0.900 bits per heavy atom. The van der Waals surface area contributed by atoms with Gasteiger partial charge in [0, 0.05) is 0 Å². The van der Waals surface area contributed by atoms with Gasteiger partial charge in [-0.3, -0.25) is 0 Å². The average Bonchev–Trinajstić information content (AvgIpc) is 2.39. The quantitative estimate of drug-likeness (QED) is 0.183. The predicted octanol–water partition coefficient (Wildman–Crippen LogP) is 6.24. The molecule has 0 spiro atoms. The summed E-state index contributed by atoms with van der Waals surface area (Å²) in [5, 5.41) is 0. The molecule has 0 aliphatic heterocycles. The Kier molecular flexibility index (Phi) is 31.5. The fourth-order valence-electron chi connectivity index (χ4n) is 2.48. The van der Waals surface area contributed by atoms with Crippen LogP contribution in [0.5, 0.6) is 0 Å². The van der Waals surface area contributed by atoms with Crippen LogP contribution in [0.1, 0.15) is 103 Å². The third-order valence-electron chi connectivity index (χ3n) is 3.76. The van der Waals surface area contributed by atoms with Gasteiger partial charge in [0.05, 0.1) is 0 Å². The molecule has 0 amide bonds. The average molecular weight is 368 g/mol. The molecule has 0 aromatic carbocycles. The topological polar surface area (TPSA) is 0 Å². The second-order valence-corrected chi connectivity index (χ2v) is 5.67. The Bertz CT molecular complexity index is 159. The number of allylic oxidation sites excluding steroid dienone is 1. The summed E-state index contributed by atoms with van der Waals surface area (Å²) in [5.41, 5.74) is 0. The third-order valence-corrected chi connectivity index (χ3v) is 3.76. The summed E-state index contributed by atoms with van der Waals surface area (Å²) < 4.78 is 0. The molecule has 0 saturated carbocycles. The molecule has 124 valence electrons. The molecule has 0 bridgehead atoms. The van der Waals surface area contributed by atoms with Crippen LogP contribution in [0.2, 0.25) is 0 Å². The van der Waals surface area contributed by atoms with E-state index in [-0.39, 0.29) is 30.6 Å². The third kappa shape index (κ3) is 23.7. The van der Waals surface area contributed by atoms with E-state index in [1.807, 2.05) is 6.08 Å². The van der Waals surface area contributed by atoms with Crippen LogP contribution in [0.4, 0.5) is 0 Å². The fraction of sp³-hybridized carbons (Fsp3) is 0.889. The molecule has 0 N–H and O–H groups in total. The van der Waals surface area contributed by atoms with Crippen LogP contribution in [0, 0.1) is 0 Å². The zero-order valence-electron chi connectivity index (χ0n) is 13.9. The van der Waals surface area contributed by atoms with Crippen molar-refractivity contribution >= 4 is 30.6 Å². The van der Waals surface area contributed by atoms with Gasteiger partial charge in [0.25, 0.3) is 0 Å². The van der Waals surface area contributed by atoms with Crippen LogP contribution in [0.15, 0.2) is 12.7 Å².